The average Bonchev–Trinajstić information content (AvgIpc) is 3.15. The molecule has 2 heterocycles. The number of amides is 1. The van der Waals surface area contributed by atoms with E-state index in [0.717, 1.165) is 26.7 Å². The van der Waals surface area contributed by atoms with Crippen LogP contribution in [-0.2, 0) is 11.2 Å². The van der Waals surface area contributed by atoms with Crippen LogP contribution in [0.4, 0.5) is 0 Å². The molecule has 3 rings (SSSR count). The van der Waals surface area contributed by atoms with Crippen LogP contribution in [0.5, 0.6) is 0 Å². The third kappa shape index (κ3) is 3.93. The van der Waals surface area contributed by atoms with Gasteiger partial charge in [0, 0.05) is 10.4 Å². The third-order valence-corrected chi connectivity index (χ3v) is 4.83. The van der Waals surface area contributed by atoms with Gasteiger partial charge in [0.15, 0.2) is 0 Å². The molecular formula is C18H20N4O2S. The fourth-order valence-corrected chi connectivity index (χ4v) is 3.42. The van der Waals surface area contributed by atoms with Crippen molar-refractivity contribution in [2.45, 2.75) is 40.2 Å². The van der Waals surface area contributed by atoms with Gasteiger partial charge in [0.05, 0.1) is 17.1 Å². The zero-order valence-electron chi connectivity index (χ0n) is 14.7. The molecule has 0 unspecified atom stereocenters. The standard InChI is InChI=1S/C18H20N4O2S/c1-10-7-5-6-8-14(10)17-21-18(24-22-17)11(2)19-16(23)9-15-12(3)25-13(4)20-15/h5-8,11H,9H2,1-4H3,(H,19,23)/t11-/m1/s1. The van der Waals surface area contributed by atoms with Crippen molar-refractivity contribution < 1.29 is 9.32 Å². The number of hydrogen-bond donors (Lipinski definition) is 1. The van der Waals surface area contributed by atoms with Gasteiger partial charge < -0.3 is 9.84 Å². The highest BCUT2D eigenvalue weighted by atomic mass is 32.1. The smallest absolute Gasteiger partial charge is 0.249 e. The summed E-state index contributed by atoms with van der Waals surface area (Å²) in [5.74, 6) is 0.800. The molecule has 2 aromatic heterocycles. The lowest BCUT2D eigenvalue weighted by Gasteiger charge is -2.09. The number of thiazole rings is 1. The van der Waals surface area contributed by atoms with E-state index in [0.29, 0.717) is 11.7 Å². The van der Waals surface area contributed by atoms with Crippen molar-refractivity contribution in [2.75, 3.05) is 0 Å². The van der Waals surface area contributed by atoms with Crippen LogP contribution in [0.25, 0.3) is 11.4 Å². The number of nitrogens with zero attached hydrogens (tertiary/aromatic N) is 3. The van der Waals surface area contributed by atoms with Gasteiger partial charge in [-0.3, -0.25) is 4.79 Å². The summed E-state index contributed by atoms with van der Waals surface area (Å²) in [4.78, 5) is 22.1. The Morgan fingerprint density at radius 2 is 2.00 bits per heavy atom. The SMILES string of the molecule is Cc1nc(CC(=O)N[C@H](C)c2nc(-c3ccccc3C)no2)c(C)s1. The van der Waals surface area contributed by atoms with Gasteiger partial charge in [-0.05, 0) is 33.3 Å². The van der Waals surface area contributed by atoms with Crippen molar-refractivity contribution in [1.29, 1.82) is 0 Å². The average molecular weight is 356 g/mol. The summed E-state index contributed by atoms with van der Waals surface area (Å²) in [6, 6.07) is 7.47. The molecule has 0 fully saturated rings. The topological polar surface area (TPSA) is 80.9 Å². The Hall–Kier alpha value is -2.54. The molecule has 0 bridgehead atoms. The molecule has 1 N–H and O–H groups in total. The summed E-state index contributed by atoms with van der Waals surface area (Å²) >= 11 is 1.60. The first kappa shape index (κ1) is 17.3. The first-order chi connectivity index (χ1) is 11.9. The number of benzene rings is 1. The van der Waals surface area contributed by atoms with Crippen LogP contribution in [0.15, 0.2) is 28.8 Å². The van der Waals surface area contributed by atoms with Gasteiger partial charge in [-0.1, -0.05) is 29.4 Å². The van der Waals surface area contributed by atoms with Crippen molar-refractivity contribution >= 4 is 17.2 Å². The zero-order chi connectivity index (χ0) is 18.0. The van der Waals surface area contributed by atoms with Gasteiger partial charge in [0.2, 0.25) is 17.6 Å². The lowest BCUT2D eigenvalue weighted by atomic mass is 10.1. The number of rotatable bonds is 5. The minimum absolute atomic E-state index is 0.114. The van der Waals surface area contributed by atoms with Crippen molar-refractivity contribution in [3.8, 4) is 11.4 Å². The fourth-order valence-electron chi connectivity index (χ4n) is 2.59. The molecule has 1 atom stereocenters. The Morgan fingerprint density at radius 3 is 2.68 bits per heavy atom. The van der Waals surface area contributed by atoms with Crippen molar-refractivity contribution in [1.82, 2.24) is 20.4 Å². The monoisotopic (exact) mass is 356 g/mol. The Labute approximate surface area is 150 Å². The van der Waals surface area contributed by atoms with Crippen LogP contribution < -0.4 is 5.32 Å². The summed E-state index contributed by atoms with van der Waals surface area (Å²) in [6.07, 6.45) is 0.249. The molecule has 1 aromatic carbocycles. The molecule has 3 aromatic rings. The highest BCUT2D eigenvalue weighted by Gasteiger charge is 2.19. The highest BCUT2D eigenvalue weighted by molar-refractivity contribution is 7.11. The molecule has 0 aliphatic rings. The lowest BCUT2D eigenvalue weighted by Crippen LogP contribution is -2.28. The number of nitrogens with one attached hydrogen (secondary N) is 1. The van der Waals surface area contributed by atoms with E-state index in [1.54, 1.807) is 11.3 Å². The Morgan fingerprint density at radius 1 is 1.24 bits per heavy atom. The molecule has 6 nitrogen and oxygen atoms in total. The minimum atomic E-state index is -0.363. The van der Waals surface area contributed by atoms with E-state index >= 15 is 0 Å². The second-order valence-corrected chi connectivity index (χ2v) is 7.38. The second kappa shape index (κ2) is 7.14. The van der Waals surface area contributed by atoms with Gasteiger partial charge in [-0.25, -0.2) is 4.98 Å². The van der Waals surface area contributed by atoms with Crippen LogP contribution in [-0.4, -0.2) is 21.0 Å². The van der Waals surface area contributed by atoms with Gasteiger partial charge >= 0.3 is 0 Å². The molecule has 0 aliphatic heterocycles. The van der Waals surface area contributed by atoms with Gasteiger partial charge in [-0.2, -0.15) is 4.98 Å². The van der Waals surface area contributed by atoms with E-state index in [4.69, 9.17) is 4.52 Å². The third-order valence-electron chi connectivity index (χ3n) is 3.90. The van der Waals surface area contributed by atoms with E-state index in [-0.39, 0.29) is 18.4 Å². The number of aryl methyl sites for hydroxylation is 3. The van der Waals surface area contributed by atoms with Crippen LogP contribution in [0.1, 0.15) is 40.0 Å². The molecular weight excluding hydrogens is 336 g/mol. The molecule has 0 aliphatic carbocycles. The molecule has 7 heteroatoms. The maximum Gasteiger partial charge on any atom is 0.249 e. The second-order valence-electron chi connectivity index (χ2n) is 5.97. The summed E-state index contributed by atoms with van der Waals surface area (Å²) in [5.41, 5.74) is 2.81. The molecule has 130 valence electrons. The van der Waals surface area contributed by atoms with Crippen LogP contribution in [0.2, 0.25) is 0 Å². The first-order valence-electron chi connectivity index (χ1n) is 8.06. The molecule has 0 spiro atoms. The zero-order valence-corrected chi connectivity index (χ0v) is 15.5. The number of hydrogen-bond acceptors (Lipinski definition) is 6. The molecule has 0 saturated heterocycles. The van der Waals surface area contributed by atoms with Crippen molar-refractivity contribution in [3.63, 3.8) is 0 Å². The normalized spacial score (nSPS) is 12.2. The Kier molecular flexibility index (Phi) is 4.94. The summed E-state index contributed by atoms with van der Waals surface area (Å²) in [6.45, 7) is 7.73. The van der Waals surface area contributed by atoms with Crippen LogP contribution >= 0.6 is 11.3 Å². The van der Waals surface area contributed by atoms with Gasteiger partial charge in [0.1, 0.15) is 6.04 Å². The van der Waals surface area contributed by atoms with Gasteiger partial charge in [0.25, 0.3) is 0 Å². The first-order valence-corrected chi connectivity index (χ1v) is 8.87. The maximum atomic E-state index is 12.3. The van der Waals surface area contributed by atoms with Gasteiger partial charge in [-0.15, -0.1) is 11.3 Å². The number of carbonyl (C=O) groups excluding carboxylic acids is 1. The number of aromatic nitrogens is 3. The molecule has 0 saturated carbocycles. The van der Waals surface area contributed by atoms with E-state index < -0.39 is 0 Å². The molecule has 25 heavy (non-hydrogen) atoms. The summed E-state index contributed by atoms with van der Waals surface area (Å²) in [5, 5.41) is 7.88. The number of carbonyl (C=O) groups is 1. The summed E-state index contributed by atoms with van der Waals surface area (Å²) in [7, 11) is 0. The summed E-state index contributed by atoms with van der Waals surface area (Å²) < 4.78 is 5.33. The highest BCUT2D eigenvalue weighted by Crippen LogP contribution is 2.22. The minimum Gasteiger partial charge on any atom is -0.344 e. The quantitative estimate of drug-likeness (QED) is 0.756. The van der Waals surface area contributed by atoms with Crippen LogP contribution in [0.3, 0.4) is 0 Å². The Bertz CT molecular complexity index is 900. The van der Waals surface area contributed by atoms with Crippen LogP contribution in [0, 0.1) is 20.8 Å². The fraction of sp³-hybridized carbons (Fsp3) is 0.333. The molecule has 0 radical (unpaired) electrons. The van der Waals surface area contributed by atoms with E-state index in [1.165, 1.54) is 0 Å². The molecule has 1 amide bonds. The largest absolute Gasteiger partial charge is 0.344 e. The van der Waals surface area contributed by atoms with E-state index in [2.05, 4.69) is 20.4 Å². The Balaban J connectivity index is 1.67. The predicted octanol–water partition coefficient (Wildman–Crippen LogP) is 3.54. The van der Waals surface area contributed by atoms with Crippen molar-refractivity contribution in [2.24, 2.45) is 0 Å². The van der Waals surface area contributed by atoms with Crippen molar-refractivity contribution in [3.05, 3.63) is 51.3 Å². The lowest BCUT2D eigenvalue weighted by molar-refractivity contribution is -0.121. The maximum absolute atomic E-state index is 12.3. The predicted molar refractivity (Wildman–Crippen MR) is 96.3 cm³/mol. The van der Waals surface area contributed by atoms with E-state index in [9.17, 15) is 4.79 Å². The van der Waals surface area contributed by atoms with E-state index in [1.807, 2.05) is 52.0 Å².